The van der Waals surface area contributed by atoms with Gasteiger partial charge in [0.1, 0.15) is 0 Å². The van der Waals surface area contributed by atoms with E-state index in [-0.39, 0.29) is 18.2 Å². The van der Waals surface area contributed by atoms with Crippen LogP contribution in [0.25, 0.3) is 0 Å². The van der Waals surface area contributed by atoms with Crippen LogP contribution in [0.5, 0.6) is 0 Å². The van der Waals surface area contributed by atoms with Crippen LogP contribution in [0, 0.1) is 0 Å². The van der Waals surface area contributed by atoms with Gasteiger partial charge in [0.2, 0.25) is 0 Å². The van der Waals surface area contributed by atoms with E-state index in [1.54, 1.807) is 4.90 Å². The Balaban J connectivity index is 2.00. The van der Waals surface area contributed by atoms with Crippen LogP contribution in [0.3, 0.4) is 0 Å². The number of piperidine rings is 1. The van der Waals surface area contributed by atoms with E-state index in [1.807, 2.05) is 0 Å². The Labute approximate surface area is 104 Å². The molecule has 2 amide bonds. The lowest BCUT2D eigenvalue weighted by Crippen LogP contribution is -2.55. The maximum Gasteiger partial charge on any atom is 0.328 e. The van der Waals surface area contributed by atoms with Gasteiger partial charge in [0.25, 0.3) is 0 Å². The van der Waals surface area contributed by atoms with Crippen molar-refractivity contribution in [1.82, 2.24) is 10.2 Å². The lowest BCUT2D eigenvalue weighted by Gasteiger charge is -2.37. The van der Waals surface area contributed by atoms with E-state index < -0.39 is 24.6 Å². The molecule has 0 aliphatic carbocycles. The number of carboxylic acids is 1. The number of nitrogens with one attached hydrogen (secondary N) is 1. The van der Waals surface area contributed by atoms with Gasteiger partial charge in [-0.05, 0) is 25.7 Å². The van der Waals surface area contributed by atoms with Crippen LogP contribution in [0.15, 0.2) is 0 Å². The van der Waals surface area contributed by atoms with Crippen molar-refractivity contribution in [2.75, 3.05) is 6.61 Å². The van der Waals surface area contributed by atoms with Gasteiger partial charge in [-0.25, -0.2) is 9.59 Å². The molecule has 0 aromatic carbocycles. The zero-order chi connectivity index (χ0) is 13.3. The first-order valence-electron chi connectivity index (χ1n) is 6.13. The molecule has 2 rings (SSSR count). The van der Waals surface area contributed by atoms with Gasteiger partial charge in [-0.1, -0.05) is 0 Å². The van der Waals surface area contributed by atoms with Crippen LogP contribution in [0.1, 0.15) is 25.7 Å². The van der Waals surface area contributed by atoms with Gasteiger partial charge >= 0.3 is 12.0 Å². The first kappa shape index (κ1) is 13.1. The topological polar surface area (TPSA) is 110 Å². The van der Waals surface area contributed by atoms with Crippen molar-refractivity contribution >= 4 is 12.0 Å². The number of fused-ring (bicyclic) bond motifs is 2. The molecule has 2 aliphatic heterocycles. The van der Waals surface area contributed by atoms with Crippen molar-refractivity contribution in [2.24, 2.45) is 0 Å². The minimum absolute atomic E-state index is 0.0214. The van der Waals surface area contributed by atoms with Gasteiger partial charge in [-0.3, -0.25) is 0 Å². The third-order valence-corrected chi connectivity index (χ3v) is 3.72. The number of aliphatic carboxylic acids is 1. The van der Waals surface area contributed by atoms with E-state index in [9.17, 15) is 14.7 Å². The van der Waals surface area contributed by atoms with Crippen LogP contribution in [-0.4, -0.2) is 63.1 Å². The SMILES string of the molecule is O=C(O)[C@H](CO)NC(=O)N1C2CCC1CC(O)C2. The molecule has 0 aromatic rings. The van der Waals surface area contributed by atoms with E-state index in [2.05, 4.69) is 5.32 Å². The number of hydrogen-bond acceptors (Lipinski definition) is 4. The van der Waals surface area contributed by atoms with Crippen molar-refractivity contribution < 1.29 is 24.9 Å². The van der Waals surface area contributed by atoms with Crippen LogP contribution >= 0.6 is 0 Å². The highest BCUT2D eigenvalue weighted by atomic mass is 16.4. The molecule has 18 heavy (non-hydrogen) atoms. The Morgan fingerprint density at radius 3 is 2.28 bits per heavy atom. The van der Waals surface area contributed by atoms with Crippen molar-refractivity contribution in [1.29, 1.82) is 0 Å². The number of amides is 2. The largest absolute Gasteiger partial charge is 0.480 e. The predicted octanol–water partition coefficient (Wildman–Crippen LogP) is -0.871. The number of rotatable bonds is 3. The molecule has 2 saturated heterocycles. The third kappa shape index (κ3) is 2.41. The Bertz CT molecular complexity index is 334. The first-order chi connectivity index (χ1) is 8.52. The van der Waals surface area contributed by atoms with E-state index >= 15 is 0 Å². The number of hydrogen-bond donors (Lipinski definition) is 4. The molecule has 2 aliphatic rings. The smallest absolute Gasteiger partial charge is 0.328 e. The summed E-state index contributed by atoms with van der Waals surface area (Å²) >= 11 is 0. The second-order valence-corrected chi connectivity index (χ2v) is 4.94. The highest BCUT2D eigenvalue weighted by Crippen LogP contribution is 2.35. The zero-order valence-corrected chi connectivity index (χ0v) is 9.95. The molecule has 102 valence electrons. The summed E-state index contributed by atoms with van der Waals surface area (Å²) in [6, 6.07) is -1.78. The van der Waals surface area contributed by atoms with Gasteiger partial charge in [0, 0.05) is 12.1 Å². The van der Waals surface area contributed by atoms with E-state index in [4.69, 9.17) is 10.2 Å². The number of carbonyl (C=O) groups excluding carboxylic acids is 1. The molecule has 4 N–H and O–H groups in total. The fourth-order valence-corrected chi connectivity index (χ4v) is 2.89. The standard InChI is InChI=1S/C11H18N2O5/c14-5-9(10(16)17)12-11(18)13-6-1-2-7(13)4-8(15)3-6/h6-9,14-15H,1-5H2,(H,12,18)(H,16,17)/t6?,7?,8?,9-/m0/s1. The number of aliphatic hydroxyl groups is 2. The first-order valence-corrected chi connectivity index (χ1v) is 6.13. The zero-order valence-electron chi connectivity index (χ0n) is 9.95. The third-order valence-electron chi connectivity index (χ3n) is 3.72. The van der Waals surface area contributed by atoms with E-state index in [1.165, 1.54) is 0 Å². The lowest BCUT2D eigenvalue weighted by atomic mass is 10.0. The Hall–Kier alpha value is -1.34. The van der Waals surface area contributed by atoms with Gasteiger partial charge in [-0.15, -0.1) is 0 Å². The second-order valence-electron chi connectivity index (χ2n) is 4.94. The van der Waals surface area contributed by atoms with Crippen LogP contribution in [0.4, 0.5) is 4.79 Å². The molecular formula is C11H18N2O5. The molecule has 7 heteroatoms. The molecular weight excluding hydrogens is 240 g/mol. The molecule has 0 aromatic heterocycles. The lowest BCUT2D eigenvalue weighted by molar-refractivity contribution is -0.140. The maximum absolute atomic E-state index is 12.0. The summed E-state index contributed by atoms with van der Waals surface area (Å²) in [6.45, 7) is -0.632. The Morgan fingerprint density at radius 1 is 1.28 bits per heavy atom. The number of aliphatic hydroxyl groups excluding tert-OH is 2. The highest BCUT2D eigenvalue weighted by Gasteiger charge is 2.43. The summed E-state index contributed by atoms with van der Waals surface area (Å²) in [4.78, 5) is 24.4. The van der Waals surface area contributed by atoms with Gasteiger partial charge in [-0.2, -0.15) is 0 Å². The number of nitrogens with zero attached hydrogens (tertiary/aromatic N) is 1. The number of carboxylic acid groups (broad SMARTS) is 1. The quantitative estimate of drug-likeness (QED) is 0.526. The van der Waals surface area contributed by atoms with Crippen molar-refractivity contribution in [3.05, 3.63) is 0 Å². The van der Waals surface area contributed by atoms with Crippen LogP contribution < -0.4 is 5.32 Å². The summed E-state index contributed by atoms with van der Waals surface area (Å²) in [5, 5.41) is 29.6. The molecule has 2 fully saturated rings. The van der Waals surface area contributed by atoms with Gasteiger partial charge in [0.15, 0.2) is 6.04 Å². The normalized spacial score (nSPS) is 32.1. The van der Waals surface area contributed by atoms with Crippen molar-refractivity contribution in [3.8, 4) is 0 Å². The van der Waals surface area contributed by atoms with E-state index in [0.29, 0.717) is 12.8 Å². The average Bonchev–Trinajstić information content (AvgIpc) is 2.58. The summed E-state index contributed by atoms with van der Waals surface area (Å²) in [5.41, 5.74) is 0. The minimum atomic E-state index is -1.27. The van der Waals surface area contributed by atoms with Crippen molar-refractivity contribution in [3.63, 3.8) is 0 Å². The van der Waals surface area contributed by atoms with Gasteiger partial charge < -0.3 is 25.5 Å². The maximum atomic E-state index is 12.0. The molecule has 7 nitrogen and oxygen atoms in total. The van der Waals surface area contributed by atoms with Crippen LogP contribution in [-0.2, 0) is 4.79 Å². The highest BCUT2D eigenvalue weighted by molar-refractivity contribution is 5.83. The summed E-state index contributed by atoms with van der Waals surface area (Å²) < 4.78 is 0. The van der Waals surface area contributed by atoms with Gasteiger partial charge in [0.05, 0.1) is 12.7 Å². The summed E-state index contributed by atoms with van der Waals surface area (Å²) in [7, 11) is 0. The molecule has 0 radical (unpaired) electrons. The summed E-state index contributed by atoms with van der Waals surface area (Å²) in [6.07, 6.45) is 2.39. The Kier molecular flexibility index (Phi) is 3.72. The average molecular weight is 258 g/mol. The molecule has 2 unspecified atom stereocenters. The Morgan fingerprint density at radius 2 is 1.83 bits per heavy atom. The van der Waals surface area contributed by atoms with E-state index in [0.717, 1.165) is 12.8 Å². The fourth-order valence-electron chi connectivity index (χ4n) is 2.89. The number of urea groups is 1. The molecule has 0 spiro atoms. The number of carbonyl (C=O) groups is 2. The molecule has 3 atom stereocenters. The second kappa shape index (κ2) is 5.11. The monoisotopic (exact) mass is 258 g/mol. The fraction of sp³-hybridized carbons (Fsp3) is 0.818. The van der Waals surface area contributed by atoms with Crippen molar-refractivity contribution in [2.45, 2.75) is 49.9 Å². The molecule has 0 saturated carbocycles. The minimum Gasteiger partial charge on any atom is -0.480 e. The predicted molar refractivity (Wildman–Crippen MR) is 60.9 cm³/mol. The van der Waals surface area contributed by atoms with Crippen LogP contribution in [0.2, 0.25) is 0 Å². The molecule has 2 bridgehead atoms. The summed E-state index contributed by atoms with van der Waals surface area (Å²) in [5.74, 6) is -1.25. The molecule has 2 heterocycles.